The Morgan fingerprint density at radius 3 is 2.82 bits per heavy atom. The number of furan rings is 1. The van der Waals surface area contributed by atoms with Crippen molar-refractivity contribution in [1.29, 1.82) is 0 Å². The Morgan fingerprint density at radius 1 is 1.12 bits per heavy atom. The molecule has 2 aromatic heterocycles. The molecule has 0 radical (unpaired) electrons. The Labute approximate surface area is 99.3 Å². The Hall–Kier alpha value is -2.29. The summed E-state index contributed by atoms with van der Waals surface area (Å²) < 4.78 is 7.50. The Morgan fingerprint density at radius 2 is 2.06 bits per heavy atom. The van der Waals surface area contributed by atoms with E-state index < -0.39 is 0 Å². The number of hydrogen-bond donors (Lipinski definition) is 0. The molecule has 3 nitrogen and oxygen atoms in total. The van der Waals surface area contributed by atoms with Crippen molar-refractivity contribution in [1.82, 2.24) is 9.55 Å². The molecule has 2 heterocycles. The van der Waals surface area contributed by atoms with Crippen LogP contribution in [0.4, 0.5) is 0 Å². The molecule has 3 aromatic rings. The standard InChI is InChI=1S/C14H12N2O/c1-2-5-13(14-6-3-9-17-14)12(4-1)10-16-8-7-15-11-16/h1-9,11H,10H2. The largest absolute Gasteiger partial charge is 0.464 e. The van der Waals surface area contributed by atoms with Gasteiger partial charge in [-0.1, -0.05) is 24.3 Å². The quantitative estimate of drug-likeness (QED) is 0.684. The van der Waals surface area contributed by atoms with Crippen LogP contribution < -0.4 is 0 Å². The second-order valence-corrected chi connectivity index (χ2v) is 3.87. The van der Waals surface area contributed by atoms with Gasteiger partial charge in [-0.25, -0.2) is 4.98 Å². The van der Waals surface area contributed by atoms with E-state index in [0.29, 0.717) is 0 Å². The van der Waals surface area contributed by atoms with Crippen molar-refractivity contribution in [3.05, 3.63) is 66.9 Å². The minimum atomic E-state index is 0.802. The van der Waals surface area contributed by atoms with Crippen LogP contribution in [0, 0.1) is 0 Å². The van der Waals surface area contributed by atoms with E-state index in [2.05, 4.69) is 17.1 Å². The average Bonchev–Trinajstić information content (AvgIpc) is 3.01. The predicted octanol–water partition coefficient (Wildman–Crippen LogP) is 3.19. The molecule has 0 atom stereocenters. The van der Waals surface area contributed by atoms with Crippen LogP contribution in [0.3, 0.4) is 0 Å². The smallest absolute Gasteiger partial charge is 0.134 e. The first-order valence-corrected chi connectivity index (χ1v) is 5.51. The van der Waals surface area contributed by atoms with Gasteiger partial charge < -0.3 is 8.98 Å². The maximum absolute atomic E-state index is 5.45. The van der Waals surface area contributed by atoms with Crippen LogP contribution in [0.25, 0.3) is 11.3 Å². The van der Waals surface area contributed by atoms with Gasteiger partial charge in [0.1, 0.15) is 5.76 Å². The SMILES string of the molecule is c1coc(-c2ccccc2Cn2ccnc2)c1. The van der Waals surface area contributed by atoms with Crippen molar-refractivity contribution in [2.24, 2.45) is 0 Å². The summed E-state index contributed by atoms with van der Waals surface area (Å²) in [5.41, 5.74) is 2.35. The van der Waals surface area contributed by atoms with Crippen molar-refractivity contribution >= 4 is 0 Å². The third kappa shape index (κ3) is 1.99. The summed E-state index contributed by atoms with van der Waals surface area (Å²) in [6.07, 6.45) is 7.26. The highest BCUT2D eigenvalue weighted by Gasteiger charge is 2.06. The van der Waals surface area contributed by atoms with Gasteiger partial charge in [-0.05, 0) is 17.7 Å². The summed E-state index contributed by atoms with van der Waals surface area (Å²) in [7, 11) is 0. The molecular weight excluding hydrogens is 212 g/mol. The lowest BCUT2D eigenvalue weighted by Gasteiger charge is -2.07. The summed E-state index contributed by atoms with van der Waals surface area (Å²) in [4.78, 5) is 4.05. The second-order valence-electron chi connectivity index (χ2n) is 3.87. The van der Waals surface area contributed by atoms with Gasteiger partial charge >= 0.3 is 0 Å². The van der Waals surface area contributed by atoms with Gasteiger partial charge in [-0.3, -0.25) is 0 Å². The van der Waals surface area contributed by atoms with Crippen molar-refractivity contribution in [2.75, 3.05) is 0 Å². The summed E-state index contributed by atoms with van der Waals surface area (Å²) in [6.45, 7) is 0.802. The van der Waals surface area contributed by atoms with Gasteiger partial charge in [0.2, 0.25) is 0 Å². The highest BCUT2D eigenvalue weighted by Crippen LogP contribution is 2.24. The predicted molar refractivity (Wildman–Crippen MR) is 65.5 cm³/mol. The molecule has 17 heavy (non-hydrogen) atoms. The summed E-state index contributed by atoms with van der Waals surface area (Å²) in [5.74, 6) is 0.903. The molecule has 0 aliphatic heterocycles. The minimum Gasteiger partial charge on any atom is -0.464 e. The highest BCUT2D eigenvalue weighted by atomic mass is 16.3. The molecule has 3 heteroatoms. The van der Waals surface area contributed by atoms with Gasteiger partial charge in [0.05, 0.1) is 12.6 Å². The minimum absolute atomic E-state index is 0.802. The monoisotopic (exact) mass is 224 g/mol. The first kappa shape index (κ1) is 9.90. The summed E-state index contributed by atoms with van der Waals surface area (Å²) >= 11 is 0. The second kappa shape index (κ2) is 4.29. The van der Waals surface area contributed by atoms with Crippen LogP contribution in [-0.2, 0) is 6.54 Å². The molecule has 0 saturated heterocycles. The molecule has 0 aliphatic rings. The fraction of sp³-hybridized carbons (Fsp3) is 0.0714. The molecule has 0 saturated carbocycles. The summed E-state index contributed by atoms with van der Waals surface area (Å²) in [5, 5.41) is 0. The maximum atomic E-state index is 5.45. The van der Waals surface area contributed by atoms with E-state index in [9.17, 15) is 0 Å². The number of hydrogen-bond acceptors (Lipinski definition) is 2. The zero-order valence-corrected chi connectivity index (χ0v) is 9.28. The lowest BCUT2D eigenvalue weighted by atomic mass is 10.1. The molecule has 0 spiro atoms. The van der Waals surface area contributed by atoms with E-state index in [1.165, 1.54) is 5.56 Å². The van der Waals surface area contributed by atoms with E-state index >= 15 is 0 Å². The van der Waals surface area contributed by atoms with E-state index in [1.54, 1.807) is 12.5 Å². The molecule has 0 N–H and O–H groups in total. The molecule has 84 valence electrons. The van der Waals surface area contributed by atoms with Crippen molar-refractivity contribution in [3.63, 3.8) is 0 Å². The number of rotatable bonds is 3. The Kier molecular flexibility index (Phi) is 2.50. The number of benzene rings is 1. The maximum Gasteiger partial charge on any atom is 0.134 e. The summed E-state index contributed by atoms with van der Waals surface area (Å²) in [6, 6.07) is 12.1. The van der Waals surface area contributed by atoms with Gasteiger partial charge in [0.15, 0.2) is 0 Å². The fourth-order valence-electron chi connectivity index (χ4n) is 1.91. The van der Waals surface area contributed by atoms with Crippen molar-refractivity contribution < 1.29 is 4.42 Å². The van der Waals surface area contributed by atoms with Crippen LogP contribution in [-0.4, -0.2) is 9.55 Å². The van der Waals surface area contributed by atoms with Gasteiger partial charge in [-0.2, -0.15) is 0 Å². The van der Waals surface area contributed by atoms with Crippen LogP contribution in [0.1, 0.15) is 5.56 Å². The van der Waals surface area contributed by atoms with Crippen molar-refractivity contribution in [2.45, 2.75) is 6.54 Å². The van der Waals surface area contributed by atoms with Gasteiger partial charge in [0.25, 0.3) is 0 Å². The van der Waals surface area contributed by atoms with Gasteiger partial charge in [0, 0.05) is 24.5 Å². The molecule has 1 aromatic carbocycles. The number of nitrogens with zero attached hydrogens (tertiary/aromatic N) is 2. The third-order valence-electron chi connectivity index (χ3n) is 2.72. The average molecular weight is 224 g/mol. The van der Waals surface area contributed by atoms with Crippen LogP contribution in [0.15, 0.2) is 65.8 Å². The molecule has 0 aliphatic carbocycles. The van der Waals surface area contributed by atoms with E-state index in [1.807, 2.05) is 41.4 Å². The zero-order chi connectivity index (χ0) is 11.5. The lowest BCUT2D eigenvalue weighted by Crippen LogP contribution is -1.98. The lowest BCUT2D eigenvalue weighted by molar-refractivity contribution is 0.581. The van der Waals surface area contributed by atoms with E-state index in [0.717, 1.165) is 17.9 Å². The van der Waals surface area contributed by atoms with Crippen LogP contribution in [0.5, 0.6) is 0 Å². The molecule has 0 amide bonds. The van der Waals surface area contributed by atoms with Crippen LogP contribution in [0.2, 0.25) is 0 Å². The van der Waals surface area contributed by atoms with E-state index in [4.69, 9.17) is 4.42 Å². The molecule has 0 bridgehead atoms. The highest BCUT2D eigenvalue weighted by molar-refractivity contribution is 5.61. The zero-order valence-electron chi connectivity index (χ0n) is 9.28. The normalized spacial score (nSPS) is 10.6. The first-order valence-electron chi connectivity index (χ1n) is 5.51. The van der Waals surface area contributed by atoms with Gasteiger partial charge in [-0.15, -0.1) is 0 Å². The number of imidazole rings is 1. The fourth-order valence-corrected chi connectivity index (χ4v) is 1.91. The molecular formula is C14H12N2O. The Bertz CT molecular complexity index is 582. The molecule has 0 unspecified atom stereocenters. The molecule has 0 fully saturated rings. The number of aromatic nitrogens is 2. The topological polar surface area (TPSA) is 31.0 Å². The first-order chi connectivity index (χ1) is 8.43. The molecule has 3 rings (SSSR count). The van der Waals surface area contributed by atoms with Crippen LogP contribution >= 0.6 is 0 Å². The Balaban J connectivity index is 1.99. The third-order valence-corrected chi connectivity index (χ3v) is 2.72. The van der Waals surface area contributed by atoms with E-state index in [-0.39, 0.29) is 0 Å². The van der Waals surface area contributed by atoms with Crippen molar-refractivity contribution in [3.8, 4) is 11.3 Å².